The van der Waals surface area contributed by atoms with Crippen LogP contribution < -0.4 is 0 Å². The molecule has 0 saturated carbocycles. The number of piperidine rings is 1. The molecule has 1 atom stereocenters. The van der Waals surface area contributed by atoms with Gasteiger partial charge in [-0.25, -0.2) is 0 Å². The van der Waals surface area contributed by atoms with Crippen molar-refractivity contribution in [3.05, 3.63) is 0 Å². The van der Waals surface area contributed by atoms with E-state index in [-0.39, 0.29) is 0 Å². The predicted octanol–water partition coefficient (Wildman–Crippen LogP) is 2.07. The Morgan fingerprint density at radius 1 is 1.29 bits per heavy atom. The van der Waals surface area contributed by atoms with Gasteiger partial charge < -0.3 is 0 Å². The Hall–Kier alpha value is 0.350. The van der Waals surface area contributed by atoms with Gasteiger partial charge in [0.15, 0.2) is 0 Å². The maximum atomic E-state index is 12.3. The Balaban J connectivity index is 2.64. The maximum absolute atomic E-state index is 12.3. The van der Waals surface area contributed by atoms with E-state index in [9.17, 15) is 8.42 Å². The van der Waals surface area contributed by atoms with Crippen LogP contribution in [0.4, 0.5) is 0 Å². The highest BCUT2D eigenvalue weighted by Gasteiger charge is 2.32. The Labute approximate surface area is 114 Å². The first-order chi connectivity index (χ1) is 7.93. The van der Waals surface area contributed by atoms with Gasteiger partial charge in [-0.3, -0.25) is 0 Å². The monoisotopic (exact) mass is 326 g/mol. The highest BCUT2D eigenvalue weighted by molar-refractivity contribution is 9.09. The summed E-state index contributed by atoms with van der Waals surface area (Å²) >= 11 is 3.58. The van der Waals surface area contributed by atoms with E-state index in [1.54, 1.807) is 4.31 Å². The van der Waals surface area contributed by atoms with Crippen LogP contribution in [0.2, 0.25) is 0 Å². The van der Waals surface area contributed by atoms with Crippen molar-refractivity contribution in [3.8, 4) is 0 Å². The van der Waals surface area contributed by atoms with Gasteiger partial charge in [0.2, 0.25) is 0 Å². The molecule has 6 heteroatoms. The van der Waals surface area contributed by atoms with E-state index in [0.717, 1.165) is 12.8 Å². The van der Waals surface area contributed by atoms with Crippen LogP contribution in [0.25, 0.3) is 0 Å². The summed E-state index contributed by atoms with van der Waals surface area (Å²) in [5, 5.41) is 0. The summed E-state index contributed by atoms with van der Waals surface area (Å²) in [5.74, 6) is 0.596. The topological polar surface area (TPSA) is 40.6 Å². The molecule has 0 N–H and O–H groups in total. The number of nitrogens with zero attached hydrogens (tertiary/aromatic N) is 2. The largest absolute Gasteiger partial charge is 0.281 e. The Bertz CT molecular complexity index is 320. The van der Waals surface area contributed by atoms with Crippen LogP contribution in [0.5, 0.6) is 0 Å². The lowest BCUT2D eigenvalue weighted by atomic mass is 9.96. The van der Waals surface area contributed by atoms with Gasteiger partial charge in [0.25, 0.3) is 10.2 Å². The van der Waals surface area contributed by atoms with E-state index >= 15 is 0 Å². The van der Waals surface area contributed by atoms with Crippen molar-refractivity contribution < 1.29 is 8.42 Å². The van der Waals surface area contributed by atoms with E-state index in [4.69, 9.17) is 0 Å². The van der Waals surface area contributed by atoms with E-state index < -0.39 is 10.2 Å². The third-order valence-corrected chi connectivity index (χ3v) is 6.44. The minimum absolute atomic E-state index is 0.473. The average Bonchev–Trinajstić information content (AvgIpc) is 2.30. The van der Waals surface area contributed by atoms with Crippen molar-refractivity contribution in [3.63, 3.8) is 0 Å². The Morgan fingerprint density at radius 2 is 1.76 bits per heavy atom. The number of alkyl halides is 1. The van der Waals surface area contributed by atoms with E-state index in [0.29, 0.717) is 36.9 Å². The zero-order chi connectivity index (χ0) is 13.1. The van der Waals surface area contributed by atoms with Crippen molar-refractivity contribution in [2.75, 3.05) is 26.2 Å². The first-order valence-electron chi connectivity index (χ1n) is 6.32. The second kappa shape index (κ2) is 6.50. The summed E-state index contributed by atoms with van der Waals surface area (Å²) in [6, 6.07) is 0. The van der Waals surface area contributed by atoms with Gasteiger partial charge in [-0.1, -0.05) is 36.7 Å². The van der Waals surface area contributed by atoms with Crippen LogP contribution in [0, 0.1) is 5.92 Å². The van der Waals surface area contributed by atoms with Crippen LogP contribution in [0.3, 0.4) is 0 Å². The molecular weight excluding hydrogens is 304 g/mol. The molecule has 102 valence electrons. The lowest BCUT2D eigenvalue weighted by Crippen LogP contribution is -2.47. The molecular formula is C11H23BrN2O2S. The zero-order valence-corrected chi connectivity index (χ0v) is 13.3. The molecule has 0 radical (unpaired) electrons. The SMILES string of the molecule is CCN(CC)S(=O)(=O)N1CCC(C(C)Br)CC1. The quantitative estimate of drug-likeness (QED) is 0.726. The molecule has 1 heterocycles. The highest BCUT2D eigenvalue weighted by Crippen LogP contribution is 2.26. The number of hydrogen-bond acceptors (Lipinski definition) is 2. The molecule has 0 aromatic rings. The maximum Gasteiger partial charge on any atom is 0.281 e. The molecule has 1 aliphatic rings. The van der Waals surface area contributed by atoms with Gasteiger partial charge in [-0.2, -0.15) is 17.0 Å². The molecule has 1 saturated heterocycles. The second-order valence-electron chi connectivity index (χ2n) is 4.51. The smallest absolute Gasteiger partial charge is 0.195 e. The van der Waals surface area contributed by atoms with Crippen LogP contribution >= 0.6 is 15.9 Å². The first-order valence-corrected chi connectivity index (χ1v) is 8.64. The molecule has 0 aliphatic carbocycles. The third-order valence-electron chi connectivity index (χ3n) is 3.51. The summed E-state index contributed by atoms with van der Waals surface area (Å²) in [6.45, 7) is 8.31. The molecule has 0 aromatic carbocycles. The molecule has 4 nitrogen and oxygen atoms in total. The molecule has 1 unspecified atom stereocenters. The molecule has 0 spiro atoms. The molecule has 1 fully saturated rings. The molecule has 17 heavy (non-hydrogen) atoms. The molecule has 0 aromatic heterocycles. The average molecular weight is 327 g/mol. The predicted molar refractivity (Wildman–Crippen MR) is 74.5 cm³/mol. The number of halogens is 1. The summed E-state index contributed by atoms with van der Waals surface area (Å²) in [7, 11) is -3.22. The number of rotatable bonds is 5. The Morgan fingerprint density at radius 3 is 2.12 bits per heavy atom. The summed E-state index contributed by atoms with van der Waals surface area (Å²) < 4.78 is 27.7. The van der Waals surface area contributed by atoms with Gasteiger partial charge in [-0.05, 0) is 18.8 Å². The van der Waals surface area contributed by atoms with Crippen molar-refractivity contribution in [2.45, 2.75) is 38.4 Å². The van der Waals surface area contributed by atoms with Gasteiger partial charge >= 0.3 is 0 Å². The summed E-state index contributed by atoms with van der Waals surface area (Å²) in [4.78, 5) is 0.473. The zero-order valence-electron chi connectivity index (χ0n) is 10.9. The molecule has 1 rings (SSSR count). The second-order valence-corrected chi connectivity index (χ2v) is 7.88. The highest BCUT2D eigenvalue weighted by atomic mass is 79.9. The molecule has 1 aliphatic heterocycles. The van der Waals surface area contributed by atoms with Crippen molar-refractivity contribution in [2.24, 2.45) is 5.92 Å². The number of hydrogen-bond donors (Lipinski definition) is 0. The van der Waals surface area contributed by atoms with E-state index in [2.05, 4.69) is 22.9 Å². The van der Waals surface area contributed by atoms with Crippen LogP contribution in [-0.2, 0) is 10.2 Å². The fourth-order valence-corrected chi connectivity index (χ4v) is 4.46. The molecule has 0 amide bonds. The van der Waals surface area contributed by atoms with Crippen molar-refractivity contribution in [1.82, 2.24) is 8.61 Å². The molecule has 0 bridgehead atoms. The van der Waals surface area contributed by atoms with Crippen LogP contribution in [0.1, 0.15) is 33.6 Å². The van der Waals surface area contributed by atoms with Crippen LogP contribution in [-0.4, -0.2) is 48.0 Å². The van der Waals surface area contributed by atoms with E-state index in [1.165, 1.54) is 4.31 Å². The third kappa shape index (κ3) is 3.66. The van der Waals surface area contributed by atoms with E-state index in [1.807, 2.05) is 13.8 Å². The van der Waals surface area contributed by atoms with Gasteiger partial charge in [0.05, 0.1) is 0 Å². The Kier molecular flexibility index (Phi) is 5.89. The lowest BCUT2D eigenvalue weighted by molar-refractivity contribution is 0.257. The minimum atomic E-state index is -3.22. The van der Waals surface area contributed by atoms with Crippen molar-refractivity contribution >= 4 is 26.1 Å². The van der Waals surface area contributed by atoms with Crippen molar-refractivity contribution in [1.29, 1.82) is 0 Å². The van der Waals surface area contributed by atoms with Gasteiger partial charge in [0, 0.05) is 31.0 Å². The summed E-state index contributed by atoms with van der Waals surface area (Å²) in [6.07, 6.45) is 1.90. The summed E-state index contributed by atoms with van der Waals surface area (Å²) in [5.41, 5.74) is 0. The van der Waals surface area contributed by atoms with Gasteiger partial charge in [-0.15, -0.1) is 0 Å². The fourth-order valence-electron chi connectivity index (χ4n) is 2.28. The lowest BCUT2D eigenvalue weighted by Gasteiger charge is -2.35. The van der Waals surface area contributed by atoms with Gasteiger partial charge in [0.1, 0.15) is 0 Å². The minimum Gasteiger partial charge on any atom is -0.195 e. The first kappa shape index (κ1) is 15.4. The van der Waals surface area contributed by atoms with Crippen LogP contribution in [0.15, 0.2) is 0 Å². The normalized spacial score (nSPS) is 21.9. The standard InChI is InChI=1S/C11H23BrN2O2S/c1-4-13(5-2)17(15,16)14-8-6-11(7-9-14)10(3)12/h10-11H,4-9H2,1-3H3. The fraction of sp³-hybridized carbons (Fsp3) is 1.00.